The zero-order chi connectivity index (χ0) is 16.9. The van der Waals surface area contributed by atoms with Gasteiger partial charge in [-0.25, -0.2) is 4.39 Å². The first-order valence-electron chi connectivity index (χ1n) is 7.42. The highest BCUT2D eigenvalue weighted by Gasteiger charge is 2.27. The third-order valence-electron chi connectivity index (χ3n) is 3.67. The second kappa shape index (κ2) is 7.52. The van der Waals surface area contributed by atoms with E-state index in [9.17, 15) is 17.6 Å². The highest BCUT2D eigenvalue weighted by atomic mass is 19.4. The number of anilines is 1. The molecule has 1 aromatic carbocycles. The molecule has 0 saturated carbocycles. The van der Waals surface area contributed by atoms with Gasteiger partial charge >= 0.3 is 6.18 Å². The number of rotatable bonds is 3. The van der Waals surface area contributed by atoms with Crippen LogP contribution in [0.25, 0.3) is 0 Å². The van der Waals surface area contributed by atoms with Crippen LogP contribution in [0.5, 0.6) is 0 Å². The molecule has 1 N–H and O–H groups in total. The zero-order valence-corrected chi connectivity index (χ0v) is 12.9. The van der Waals surface area contributed by atoms with Crippen molar-refractivity contribution < 1.29 is 17.6 Å². The van der Waals surface area contributed by atoms with Gasteiger partial charge in [0.15, 0.2) is 5.96 Å². The van der Waals surface area contributed by atoms with E-state index in [0.29, 0.717) is 32.1 Å². The maximum absolute atomic E-state index is 12.9. The SMILES string of the molecule is CN=C(NCCC(F)(F)F)N1CCN(c2ccc(F)cc2)CC1. The van der Waals surface area contributed by atoms with Gasteiger partial charge in [0, 0.05) is 45.5 Å². The van der Waals surface area contributed by atoms with Crippen LogP contribution in [-0.2, 0) is 0 Å². The number of nitrogens with zero attached hydrogens (tertiary/aromatic N) is 3. The summed E-state index contributed by atoms with van der Waals surface area (Å²) in [5.41, 5.74) is 0.936. The summed E-state index contributed by atoms with van der Waals surface area (Å²) in [5.74, 6) is 0.203. The number of piperazine rings is 1. The van der Waals surface area contributed by atoms with E-state index < -0.39 is 12.6 Å². The highest BCUT2D eigenvalue weighted by molar-refractivity contribution is 5.80. The van der Waals surface area contributed by atoms with Crippen LogP contribution in [0, 0.1) is 5.82 Å². The molecular formula is C15H20F4N4. The molecule has 0 aromatic heterocycles. The summed E-state index contributed by atoms with van der Waals surface area (Å²) in [7, 11) is 1.56. The quantitative estimate of drug-likeness (QED) is 0.524. The number of hydrogen-bond acceptors (Lipinski definition) is 2. The molecule has 0 aliphatic carbocycles. The molecule has 4 nitrogen and oxygen atoms in total. The van der Waals surface area contributed by atoms with Gasteiger partial charge in [-0.15, -0.1) is 0 Å². The lowest BCUT2D eigenvalue weighted by Crippen LogP contribution is -2.52. The van der Waals surface area contributed by atoms with Crippen molar-refractivity contribution in [2.45, 2.75) is 12.6 Å². The van der Waals surface area contributed by atoms with Gasteiger partial charge in [-0.1, -0.05) is 0 Å². The van der Waals surface area contributed by atoms with Gasteiger partial charge in [0.25, 0.3) is 0 Å². The molecule has 1 aliphatic rings. The number of guanidine groups is 1. The predicted molar refractivity (Wildman–Crippen MR) is 82.2 cm³/mol. The van der Waals surface area contributed by atoms with Gasteiger partial charge in [0.2, 0.25) is 0 Å². The lowest BCUT2D eigenvalue weighted by Gasteiger charge is -2.37. The van der Waals surface area contributed by atoms with E-state index in [0.717, 1.165) is 5.69 Å². The maximum Gasteiger partial charge on any atom is 0.390 e. The Kier molecular flexibility index (Phi) is 5.68. The lowest BCUT2D eigenvalue weighted by atomic mass is 10.2. The number of hydrogen-bond donors (Lipinski definition) is 1. The molecule has 23 heavy (non-hydrogen) atoms. The number of alkyl halides is 3. The third kappa shape index (κ3) is 5.30. The van der Waals surface area contributed by atoms with Gasteiger partial charge in [0.1, 0.15) is 5.82 Å². The highest BCUT2D eigenvalue weighted by Crippen LogP contribution is 2.19. The van der Waals surface area contributed by atoms with Crippen LogP contribution < -0.4 is 10.2 Å². The molecule has 1 aromatic rings. The minimum Gasteiger partial charge on any atom is -0.368 e. The van der Waals surface area contributed by atoms with Crippen molar-refractivity contribution in [1.29, 1.82) is 0 Å². The van der Waals surface area contributed by atoms with Crippen molar-refractivity contribution in [1.82, 2.24) is 10.2 Å². The fraction of sp³-hybridized carbons (Fsp3) is 0.533. The standard InChI is InChI=1S/C15H20F4N4/c1-20-14(21-7-6-15(17,18)19)23-10-8-22(9-11-23)13-4-2-12(16)3-5-13/h2-5H,6-11H2,1H3,(H,20,21). The molecule has 0 unspecified atom stereocenters. The molecule has 2 rings (SSSR count). The summed E-state index contributed by atoms with van der Waals surface area (Å²) in [6.07, 6.45) is -5.06. The molecule has 0 atom stereocenters. The molecular weight excluding hydrogens is 312 g/mol. The largest absolute Gasteiger partial charge is 0.390 e. The van der Waals surface area contributed by atoms with Gasteiger partial charge in [-0.2, -0.15) is 13.2 Å². The Hall–Kier alpha value is -1.99. The molecule has 1 aliphatic heterocycles. The maximum atomic E-state index is 12.9. The van der Waals surface area contributed by atoms with Gasteiger partial charge < -0.3 is 15.1 Å². The average Bonchev–Trinajstić information content (AvgIpc) is 2.52. The molecule has 8 heteroatoms. The number of halogens is 4. The van der Waals surface area contributed by atoms with Crippen LogP contribution in [0.15, 0.2) is 29.3 Å². The minimum atomic E-state index is -4.17. The smallest absolute Gasteiger partial charge is 0.368 e. The first-order valence-corrected chi connectivity index (χ1v) is 7.42. The predicted octanol–water partition coefficient (Wildman–Crippen LogP) is 2.48. The number of benzene rings is 1. The lowest BCUT2D eigenvalue weighted by molar-refractivity contribution is -0.132. The molecule has 0 amide bonds. The topological polar surface area (TPSA) is 30.9 Å². The Morgan fingerprint density at radius 3 is 2.26 bits per heavy atom. The summed E-state index contributed by atoms with van der Waals surface area (Å²) in [6, 6.07) is 6.28. The molecule has 1 fully saturated rings. The van der Waals surface area contributed by atoms with Crippen LogP contribution in [0.4, 0.5) is 23.2 Å². The molecule has 1 heterocycles. The first kappa shape index (κ1) is 17.4. The van der Waals surface area contributed by atoms with E-state index in [1.54, 1.807) is 19.2 Å². The average molecular weight is 332 g/mol. The van der Waals surface area contributed by atoms with Crippen molar-refractivity contribution in [3.63, 3.8) is 0 Å². The van der Waals surface area contributed by atoms with Gasteiger partial charge in [-0.05, 0) is 24.3 Å². The molecule has 0 spiro atoms. The van der Waals surface area contributed by atoms with Crippen molar-refractivity contribution in [3.05, 3.63) is 30.1 Å². The zero-order valence-electron chi connectivity index (χ0n) is 12.9. The van der Waals surface area contributed by atoms with Crippen LogP contribution in [-0.4, -0.2) is 56.8 Å². The summed E-state index contributed by atoms with van der Waals surface area (Å²) < 4.78 is 49.5. The van der Waals surface area contributed by atoms with E-state index in [1.165, 1.54) is 12.1 Å². The van der Waals surface area contributed by atoms with E-state index in [2.05, 4.69) is 15.2 Å². The summed E-state index contributed by atoms with van der Waals surface area (Å²) >= 11 is 0. The van der Waals surface area contributed by atoms with Gasteiger partial charge in [0.05, 0.1) is 6.42 Å². The van der Waals surface area contributed by atoms with Crippen LogP contribution in [0.2, 0.25) is 0 Å². The van der Waals surface area contributed by atoms with E-state index in [1.807, 2.05) is 4.90 Å². The molecule has 128 valence electrons. The van der Waals surface area contributed by atoms with Crippen molar-refractivity contribution in [2.24, 2.45) is 4.99 Å². The number of nitrogens with one attached hydrogen (secondary N) is 1. The van der Waals surface area contributed by atoms with E-state index in [-0.39, 0.29) is 12.4 Å². The molecule has 1 saturated heterocycles. The molecule has 0 radical (unpaired) electrons. The van der Waals surface area contributed by atoms with Crippen LogP contribution in [0.1, 0.15) is 6.42 Å². The Balaban J connectivity index is 1.83. The minimum absolute atomic E-state index is 0.186. The monoisotopic (exact) mass is 332 g/mol. The second-order valence-corrected chi connectivity index (χ2v) is 5.29. The second-order valence-electron chi connectivity index (χ2n) is 5.29. The summed E-state index contributed by atoms with van der Waals surface area (Å²) in [5, 5.41) is 2.75. The first-order chi connectivity index (χ1) is 10.9. The number of aliphatic imine (C=N–C) groups is 1. The van der Waals surface area contributed by atoms with E-state index in [4.69, 9.17) is 0 Å². The Bertz CT molecular complexity index is 519. The Labute approximate surface area is 132 Å². The van der Waals surface area contributed by atoms with Crippen molar-refractivity contribution >= 4 is 11.6 Å². The molecule has 0 bridgehead atoms. The fourth-order valence-electron chi connectivity index (χ4n) is 2.48. The van der Waals surface area contributed by atoms with Crippen LogP contribution in [0.3, 0.4) is 0 Å². The van der Waals surface area contributed by atoms with Crippen molar-refractivity contribution in [2.75, 3.05) is 44.7 Å². The summed E-state index contributed by atoms with van der Waals surface area (Å²) in [6.45, 7) is 2.50. The fourth-order valence-corrected chi connectivity index (χ4v) is 2.48. The third-order valence-corrected chi connectivity index (χ3v) is 3.67. The van der Waals surface area contributed by atoms with Crippen LogP contribution >= 0.6 is 0 Å². The Morgan fingerprint density at radius 1 is 1.13 bits per heavy atom. The van der Waals surface area contributed by atoms with Crippen molar-refractivity contribution in [3.8, 4) is 0 Å². The van der Waals surface area contributed by atoms with E-state index >= 15 is 0 Å². The Morgan fingerprint density at radius 2 is 1.74 bits per heavy atom. The summed E-state index contributed by atoms with van der Waals surface area (Å²) in [4.78, 5) is 8.07. The normalized spacial score (nSPS) is 16.7. The van der Waals surface area contributed by atoms with Gasteiger partial charge in [-0.3, -0.25) is 4.99 Å².